The van der Waals surface area contributed by atoms with Crippen LogP contribution < -0.4 is 14.9 Å². The van der Waals surface area contributed by atoms with E-state index in [1.165, 1.54) is 15.6 Å². The van der Waals surface area contributed by atoms with Crippen LogP contribution >= 0.6 is 11.3 Å². The Hall–Kier alpha value is -3.27. The first-order valence-electron chi connectivity index (χ1n) is 11.3. The summed E-state index contributed by atoms with van der Waals surface area (Å²) in [5.74, 6) is 0.994. The first kappa shape index (κ1) is 23.5. The third kappa shape index (κ3) is 4.93. The van der Waals surface area contributed by atoms with Crippen LogP contribution in [-0.2, 0) is 29.7 Å². The molecule has 0 saturated carbocycles. The van der Waals surface area contributed by atoms with Crippen molar-refractivity contribution in [1.29, 1.82) is 0 Å². The number of rotatable bonds is 7. The van der Waals surface area contributed by atoms with Crippen LogP contribution in [0.4, 0.5) is 0 Å². The van der Waals surface area contributed by atoms with Gasteiger partial charge in [-0.1, -0.05) is 58.9 Å². The highest BCUT2D eigenvalue weighted by Crippen LogP contribution is 2.23. The predicted molar refractivity (Wildman–Crippen MR) is 135 cm³/mol. The molecule has 35 heavy (non-hydrogen) atoms. The van der Waals surface area contributed by atoms with Gasteiger partial charge < -0.3 is 4.42 Å². The van der Waals surface area contributed by atoms with E-state index in [0.29, 0.717) is 29.1 Å². The van der Waals surface area contributed by atoms with Crippen LogP contribution in [0.5, 0.6) is 0 Å². The molecule has 0 spiro atoms. The average molecular weight is 508 g/mol. The minimum absolute atomic E-state index is 0.0627. The third-order valence-corrected chi connectivity index (χ3v) is 8.74. The quantitative estimate of drug-likeness (QED) is 0.385. The number of aryl methyl sites for hydroxylation is 2. The lowest BCUT2D eigenvalue weighted by molar-refractivity contribution is 0.357. The Morgan fingerprint density at radius 3 is 2.37 bits per heavy atom. The second kappa shape index (κ2) is 9.41. The molecule has 0 amide bonds. The van der Waals surface area contributed by atoms with Gasteiger partial charge in [-0.25, -0.2) is 8.42 Å². The summed E-state index contributed by atoms with van der Waals surface area (Å²) < 4.78 is 36.7. The number of fused-ring (bicyclic) bond motifs is 1. The molecule has 0 bridgehead atoms. The highest BCUT2D eigenvalue weighted by atomic mass is 32.2. The molecule has 3 heterocycles. The van der Waals surface area contributed by atoms with Crippen LogP contribution in [0.2, 0.25) is 0 Å². The number of benzene rings is 2. The summed E-state index contributed by atoms with van der Waals surface area (Å²) in [6.07, 6.45) is 1.69. The first-order chi connectivity index (χ1) is 16.8. The van der Waals surface area contributed by atoms with Gasteiger partial charge in [0.1, 0.15) is 11.5 Å². The standard InChI is InChI=1S/C26H25N3O4S2/c1-18-3-7-20(8-4-18)16-28(35(31,32)23-11-5-19(2)6-12-23)17-22-10-9-21(33-22)15-24-25(30)29-14-13-27-26(29)34-24/h3-12,15H,13-14,16-17H2,1-2H3/b24-15-. The molecule has 1 aliphatic heterocycles. The summed E-state index contributed by atoms with van der Waals surface area (Å²) >= 11 is 1.33. The van der Waals surface area contributed by atoms with Crippen molar-refractivity contribution in [2.45, 2.75) is 38.4 Å². The van der Waals surface area contributed by atoms with Gasteiger partial charge in [0.05, 0.1) is 22.5 Å². The molecule has 9 heteroatoms. The number of sulfonamides is 1. The van der Waals surface area contributed by atoms with E-state index in [1.807, 2.05) is 38.1 Å². The third-order valence-electron chi connectivity index (χ3n) is 5.89. The minimum Gasteiger partial charge on any atom is -0.460 e. The molecule has 0 aliphatic carbocycles. The molecule has 2 aromatic heterocycles. The lowest BCUT2D eigenvalue weighted by Gasteiger charge is -2.21. The van der Waals surface area contributed by atoms with Crippen LogP contribution in [0.1, 0.15) is 28.2 Å². The molecular weight excluding hydrogens is 482 g/mol. The second-order valence-corrected chi connectivity index (χ2v) is 11.6. The Labute approximate surface area is 207 Å². The zero-order valence-corrected chi connectivity index (χ0v) is 21.1. The van der Waals surface area contributed by atoms with E-state index < -0.39 is 10.0 Å². The van der Waals surface area contributed by atoms with Crippen molar-refractivity contribution in [3.05, 3.63) is 109 Å². The van der Waals surface area contributed by atoms with E-state index in [0.717, 1.165) is 21.5 Å². The lowest BCUT2D eigenvalue weighted by Crippen LogP contribution is -2.30. The number of nitrogens with zero attached hydrogens (tertiary/aromatic N) is 3. The van der Waals surface area contributed by atoms with Gasteiger partial charge in [0, 0.05) is 19.2 Å². The first-order valence-corrected chi connectivity index (χ1v) is 13.5. The second-order valence-electron chi connectivity index (χ2n) is 8.61. The van der Waals surface area contributed by atoms with Crippen LogP contribution in [0.3, 0.4) is 0 Å². The number of thiazole rings is 1. The van der Waals surface area contributed by atoms with E-state index in [9.17, 15) is 13.2 Å². The Morgan fingerprint density at radius 2 is 1.69 bits per heavy atom. The predicted octanol–water partition coefficient (Wildman–Crippen LogP) is 2.97. The van der Waals surface area contributed by atoms with E-state index in [-0.39, 0.29) is 23.5 Å². The van der Waals surface area contributed by atoms with E-state index in [1.54, 1.807) is 47.0 Å². The van der Waals surface area contributed by atoms with Crippen LogP contribution in [0.25, 0.3) is 6.08 Å². The molecule has 2 aromatic carbocycles. The summed E-state index contributed by atoms with van der Waals surface area (Å²) in [4.78, 5) is 17.8. The van der Waals surface area contributed by atoms with Crippen molar-refractivity contribution in [3.63, 3.8) is 0 Å². The van der Waals surface area contributed by atoms with Crippen molar-refractivity contribution < 1.29 is 12.8 Å². The Balaban J connectivity index is 1.46. The number of hydrogen-bond donors (Lipinski definition) is 0. The molecule has 0 radical (unpaired) electrons. The van der Waals surface area contributed by atoms with E-state index >= 15 is 0 Å². The maximum absolute atomic E-state index is 13.6. The van der Waals surface area contributed by atoms with Gasteiger partial charge >= 0.3 is 0 Å². The number of hydrogen-bond acceptors (Lipinski definition) is 6. The molecule has 0 atom stereocenters. The Morgan fingerprint density at radius 1 is 1.00 bits per heavy atom. The van der Waals surface area contributed by atoms with Gasteiger partial charge in [0.25, 0.3) is 5.56 Å². The summed E-state index contributed by atoms with van der Waals surface area (Å²) in [5.41, 5.74) is 2.90. The monoisotopic (exact) mass is 507 g/mol. The highest BCUT2D eigenvalue weighted by Gasteiger charge is 2.26. The smallest absolute Gasteiger partial charge is 0.270 e. The maximum atomic E-state index is 13.6. The maximum Gasteiger partial charge on any atom is 0.270 e. The zero-order valence-electron chi connectivity index (χ0n) is 19.5. The average Bonchev–Trinajstić information content (AvgIpc) is 3.54. The van der Waals surface area contributed by atoms with E-state index in [4.69, 9.17) is 4.42 Å². The molecule has 5 rings (SSSR count). The number of aromatic nitrogens is 1. The largest absolute Gasteiger partial charge is 0.460 e. The van der Waals surface area contributed by atoms with Gasteiger partial charge in [-0.3, -0.25) is 14.4 Å². The normalized spacial score (nSPS) is 13.9. The van der Waals surface area contributed by atoms with E-state index in [2.05, 4.69) is 4.99 Å². The van der Waals surface area contributed by atoms with Crippen LogP contribution in [0.15, 0.2) is 79.8 Å². The zero-order chi connectivity index (χ0) is 24.6. The van der Waals surface area contributed by atoms with Crippen molar-refractivity contribution in [3.8, 4) is 0 Å². The molecule has 4 aromatic rings. The summed E-state index contributed by atoms with van der Waals surface area (Å²) in [7, 11) is -3.78. The van der Waals surface area contributed by atoms with Crippen molar-refractivity contribution in [2.75, 3.05) is 6.54 Å². The molecule has 1 aliphatic rings. The van der Waals surface area contributed by atoms with Crippen molar-refractivity contribution >= 4 is 27.4 Å². The molecule has 0 saturated heterocycles. The molecule has 0 unspecified atom stereocenters. The summed E-state index contributed by atoms with van der Waals surface area (Å²) in [5, 5.41) is 0. The summed E-state index contributed by atoms with van der Waals surface area (Å²) in [6, 6.07) is 18.1. The number of furan rings is 1. The summed E-state index contributed by atoms with van der Waals surface area (Å²) in [6.45, 7) is 5.42. The SMILES string of the molecule is Cc1ccc(CN(Cc2ccc(/C=c3\sc4n(c3=O)CCN=4)o2)S(=O)(=O)c2ccc(C)cc2)cc1. The fraction of sp³-hybridized carbons (Fsp3) is 0.231. The molecule has 7 nitrogen and oxygen atoms in total. The van der Waals surface area contributed by atoms with Crippen LogP contribution in [0, 0.1) is 13.8 Å². The van der Waals surface area contributed by atoms with Gasteiger partial charge in [-0.2, -0.15) is 4.31 Å². The molecular formula is C26H25N3O4S2. The molecule has 0 fully saturated rings. The molecule has 180 valence electrons. The van der Waals surface area contributed by atoms with Gasteiger partial charge in [0.15, 0.2) is 4.80 Å². The highest BCUT2D eigenvalue weighted by molar-refractivity contribution is 7.89. The molecule has 0 N–H and O–H groups in total. The Bertz CT molecular complexity index is 1650. The minimum atomic E-state index is -3.78. The van der Waals surface area contributed by atoms with Crippen molar-refractivity contribution in [1.82, 2.24) is 8.87 Å². The fourth-order valence-corrected chi connectivity index (χ4v) is 6.31. The van der Waals surface area contributed by atoms with Gasteiger partial charge in [0.2, 0.25) is 10.0 Å². The van der Waals surface area contributed by atoms with Crippen LogP contribution in [-0.4, -0.2) is 23.8 Å². The Kier molecular flexibility index (Phi) is 6.31. The lowest BCUT2D eigenvalue weighted by atomic mass is 10.1. The topological polar surface area (TPSA) is 84.9 Å². The van der Waals surface area contributed by atoms with Gasteiger partial charge in [-0.15, -0.1) is 0 Å². The fourth-order valence-electron chi connectivity index (χ4n) is 3.91. The van der Waals surface area contributed by atoms with Gasteiger partial charge in [-0.05, 0) is 43.7 Å². The van der Waals surface area contributed by atoms with Crippen molar-refractivity contribution in [2.24, 2.45) is 4.99 Å².